The maximum atomic E-state index is 13.1. The summed E-state index contributed by atoms with van der Waals surface area (Å²) < 4.78 is 2.14. The van der Waals surface area contributed by atoms with Gasteiger partial charge >= 0.3 is 0 Å². The van der Waals surface area contributed by atoms with Crippen LogP contribution in [0.3, 0.4) is 0 Å². The third kappa shape index (κ3) is 4.98. The van der Waals surface area contributed by atoms with Crippen LogP contribution in [-0.4, -0.2) is 48.9 Å². The normalized spacial score (nSPS) is 16.2. The molecule has 1 atom stereocenters. The van der Waals surface area contributed by atoms with E-state index in [1.54, 1.807) is 6.20 Å². The summed E-state index contributed by atoms with van der Waals surface area (Å²) in [5, 5.41) is 9.87. The maximum absolute atomic E-state index is 13.1. The summed E-state index contributed by atoms with van der Waals surface area (Å²) in [5.74, 6) is 1.33. The number of likely N-dealkylation sites (tertiary alicyclic amines) is 1. The number of aromatic nitrogens is 4. The molecule has 0 spiro atoms. The minimum absolute atomic E-state index is 0.198. The predicted octanol–water partition coefficient (Wildman–Crippen LogP) is 5.34. The van der Waals surface area contributed by atoms with Crippen molar-refractivity contribution in [1.29, 1.82) is 0 Å². The molecule has 174 valence electrons. The van der Waals surface area contributed by atoms with Crippen molar-refractivity contribution >= 4 is 17.7 Å². The van der Waals surface area contributed by atoms with Crippen LogP contribution in [0, 0.1) is 0 Å². The van der Waals surface area contributed by atoms with E-state index in [2.05, 4.69) is 63.6 Å². The van der Waals surface area contributed by atoms with Gasteiger partial charge in [-0.1, -0.05) is 50.7 Å². The molecule has 4 rings (SSSR count). The van der Waals surface area contributed by atoms with Gasteiger partial charge in [-0.3, -0.25) is 14.3 Å². The lowest BCUT2D eigenvalue weighted by molar-refractivity contribution is -0.132. The molecule has 33 heavy (non-hydrogen) atoms. The number of carbonyl (C=O) groups excluding carboxylic acids is 1. The highest BCUT2D eigenvalue weighted by Crippen LogP contribution is 2.32. The van der Waals surface area contributed by atoms with Gasteiger partial charge in [0.2, 0.25) is 5.91 Å². The van der Waals surface area contributed by atoms with Crippen molar-refractivity contribution in [3.63, 3.8) is 0 Å². The Hall–Kier alpha value is -2.67. The second kappa shape index (κ2) is 11.0. The molecule has 1 amide bonds. The molecule has 1 aliphatic rings. The Morgan fingerprint density at radius 3 is 2.52 bits per heavy atom. The largest absolute Gasteiger partial charge is 0.339 e. The van der Waals surface area contributed by atoms with Crippen LogP contribution in [0.2, 0.25) is 0 Å². The molecular formula is C26H33N5OS. The minimum Gasteiger partial charge on any atom is -0.339 e. The van der Waals surface area contributed by atoms with E-state index in [1.807, 2.05) is 18.3 Å². The van der Waals surface area contributed by atoms with E-state index in [4.69, 9.17) is 0 Å². The fourth-order valence-electron chi connectivity index (χ4n) is 4.71. The van der Waals surface area contributed by atoms with Gasteiger partial charge in [0.15, 0.2) is 11.0 Å². The van der Waals surface area contributed by atoms with E-state index in [9.17, 15) is 4.79 Å². The first-order valence-electron chi connectivity index (χ1n) is 12.1. The summed E-state index contributed by atoms with van der Waals surface area (Å²) in [7, 11) is 0. The number of para-hydroxylation sites is 1. The van der Waals surface area contributed by atoms with Crippen LogP contribution in [0.5, 0.6) is 0 Å². The lowest BCUT2D eigenvalue weighted by atomic mass is 10.0. The van der Waals surface area contributed by atoms with Gasteiger partial charge in [-0.2, -0.15) is 0 Å². The van der Waals surface area contributed by atoms with Gasteiger partial charge in [0, 0.05) is 30.5 Å². The smallest absolute Gasteiger partial charge is 0.233 e. The van der Waals surface area contributed by atoms with Gasteiger partial charge in [0.05, 0.1) is 11.4 Å². The number of carbonyl (C=O) groups is 1. The molecule has 1 aliphatic heterocycles. The topological polar surface area (TPSA) is 63.9 Å². The highest BCUT2D eigenvalue weighted by Gasteiger charge is 2.27. The Bertz CT molecular complexity index is 1060. The Labute approximate surface area is 200 Å². The first-order valence-corrected chi connectivity index (χ1v) is 13.1. The number of piperidine rings is 1. The van der Waals surface area contributed by atoms with Gasteiger partial charge in [-0.25, -0.2) is 0 Å². The second-order valence-electron chi connectivity index (χ2n) is 8.45. The lowest BCUT2D eigenvalue weighted by Crippen LogP contribution is -2.44. The summed E-state index contributed by atoms with van der Waals surface area (Å²) >= 11 is 1.49. The molecule has 0 unspecified atom stereocenters. The van der Waals surface area contributed by atoms with E-state index in [0.29, 0.717) is 11.8 Å². The molecule has 0 saturated carbocycles. The zero-order valence-corrected chi connectivity index (χ0v) is 20.6. The van der Waals surface area contributed by atoms with Gasteiger partial charge in [-0.15, -0.1) is 10.2 Å². The van der Waals surface area contributed by atoms with Gasteiger partial charge in [0.25, 0.3) is 0 Å². The highest BCUT2D eigenvalue weighted by molar-refractivity contribution is 7.99. The summed E-state index contributed by atoms with van der Waals surface area (Å²) in [6, 6.07) is 10.7. The van der Waals surface area contributed by atoms with Crippen LogP contribution in [-0.2, 0) is 17.6 Å². The van der Waals surface area contributed by atoms with Crippen molar-refractivity contribution in [1.82, 2.24) is 24.6 Å². The van der Waals surface area contributed by atoms with E-state index >= 15 is 0 Å². The number of hydrogen-bond donors (Lipinski definition) is 0. The Balaban J connectivity index is 1.72. The van der Waals surface area contributed by atoms with Crippen molar-refractivity contribution in [2.75, 3.05) is 12.3 Å². The van der Waals surface area contributed by atoms with Crippen LogP contribution < -0.4 is 0 Å². The van der Waals surface area contributed by atoms with Crippen LogP contribution in [0.4, 0.5) is 0 Å². The molecule has 0 radical (unpaired) electrons. The van der Waals surface area contributed by atoms with Crippen molar-refractivity contribution in [2.24, 2.45) is 0 Å². The van der Waals surface area contributed by atoms with Crippen LogP contribution in [0.1, 0.15) is 57.6 Å². The number of thioether (sulfide) groups is 1. The average molecular weight is 464 g/mol. The molecule has 3 aromatic rings. The summed E-state index contributed by atoms with van der Waals surface area (Å²) in [4.78, 5) is 19.5. The standard InChI is InChI=1S/C26H33N5OS/c1-4-19-11-9-12-20(5-2)24(19)31-25(21-13-10-15-27-17-21)28-29-26(31)33-18-23(32)30-16-8-7-14-22(30)6-3/h9-13,15,17,22H,4-8,14,16,18H2,1-3H3/t22-/m0/s1. The Morgan fingerprint density at radius 2 is 1.85 bits per heavy atom. The SMILES string of the molecule is CCc1cccc(CC)c1-n1c(SCC(=O)N2CCCC[C@@H]2CC)nnc1-c1cccnc1. The Morgan fingerprint density at radius 1 is 1.06 bits per heavy atom. The lowest BCUT2D eigenvalue weighted by Gasteiger charge is -2.35. The maximum Gasteiger partial charge on any atom is 0.233 e. The van der Waals surface area contributed by atoms with Gasteiger partial charge in [-0.05, 0) is 61.8 Å². The van der Waals surface area contributed by atoms with Crippen LogP contribution >= 0.6 is 11.8 Å². The third-order valence-corrected chi connectivity index (χ3v) is 7.40. The molecule has 1 fully saturated rings. The number of nitrogens with zero attached hydrogens (tertiary/aromatic N) is 5. The Kier molecular flexibility index (Phi) is 7.81. The van der Waals surface area contributed by atoms with Crippen molar-refractivity contribution in [3.8, 4) is 17.1 Å². The fourth-order valence-corrected chi connectivity index (χ4v) is 5.54. The second-order valence-corrected chi connectivity index (χ2v) is 9.39. The number of aryl methyl sites for hydroxylation is 2. The summed E-state index contributed by atoms with van der Waals surface area (Å²) in [6.45, 7) is 7.38. The number of pyridine rings is 1. The van der Waals surface area contributed by atoms with Crippen molar-refractivity contribution in [2.45, 2.75) is 70.5 Å². The molecule has 0 N–H and O–H groups in total. The molecular weight excluding hydrogens is 430 g/mol. The fraction of sp³-hybridized carbons (Fsp3) is 0.462. The number of hydrogen-bond acceptors (Lipinski definition) is 5. The quantitative estimate of drug-likeness (QED) is 0.422. The molecule has 6 nitrogen and oxygen atoms in total. The number of rotatable bonds is 8. The molecule has 3 heterocycles. The average Bonchev–Trinajstić information content (AvgIpc) is 3.30. The monoisotopic (exact) mass is 463 g/mol. The summed E-state index contributed by atoms with van der Waals surface area (Å²) in [5.41, 5.74) is 4.54. The van der Waals surface area contributed by atoms with Gasteiger partial charge < -0.3 is 4.90 Å². The van der Waals surface area contributed by atoms with Crippen LogP contribution in [0.15, 0.2) is 47.9 Å². The zero-order valence-electron chi connectivity index (χ0n) is 19.8. The third-order valence-electron chi connectivity index (χ3n) is 6.49. The number of benzene rings is 1. The molecule has 1 aromatic carbocycles. The predicted molar refractivity (Wildman–Crippen MR) is 134 cm³/mol. The summed E-state index contributed by atoms with van der Waals surface area (Å²) in [6.07, 6.45) is 9.83. The van der Waals surface area contributed by atoms with E-state index in [1.165, 1.54) is 29.3 Å². The minimum atomic E-state index is 0.198. The highest BCUT2D eigenvalue weighted by atomic mass is 32.2. The zero-order chi connectivity index (χ0) is 23.2. The molecule has 1 saturated heterocycles. The number of amides is 1. The van der Waals surface area contributed by atoms with Crippen molar-refractivity contribution in [3.05, 3.63) is 53.9 Å². The van der Waals surface area contributed by atoms with E-state index in [-0.39, 0.29) is 5.91 Å². The van der Waals surface area contributed by atoms with E-state index < -0.39 is 0 Å². The van der Waals surface area contributed by atoms with E-state index in [0.717, 1.165) is 60.9 Å². The van der Waals surface area contributed by atoms with Gasteiger partial charge in [0.1, 0.15) is 0 Å². The van der Waals surface area contributed by atoms with Crippen molar-refractivity contribution < 1.29 is 4.79 Å². The first-order chi connectivity index (χ1) is 16.2. The molecule has 2 aromatic heterocycles. The first kappa shape index (κ1) is 23.5. The molecule has 0 bridgehead atoms. The molecule has 0 aliphatic carbocycles. The molecule has 7 heteroatoms. The van der Waals surface area contributed by atoms with Crippen LogP contribution in [0.25, 0.3) is 17.1 Å².